The number of carbonyl (C=O) groups is 1. The Morgan fingerprint density at radius 1 is 1.16 bits per heavy atom. The average Bonchev–Trinajstić information content (AvgIpc) is 3.44. The van der Waals surface area contributed by atoms with Crippen molar-refractivity contribution in [1.82, 2.24) is 10.1 Å². The van der Waals surface area contributed by atoms with Gasteiger partial charge in [0.1, 0.15) is 0 Å². The molecule has 10 heteroatoms. The first kappa shape index (κ1) is 21.7. The quantitative estimate of drug-likeness (QED) is 0.395. The SMILES string of the molecule is Cc1cccc(NS(=O)(=O)c2cc(C(=O)OCc3nc(-c4ccsc4)no3)ccc2C)c1. The van der Waals surface area contributed by atoms with Crippen LogP contribution in [-0.2, 0) is 21.4 Å². The van der Waals surface area contributed by atoms with Gasteiger partial charge in [-0.15, -0.1) is 0 Å². The molecule has 0 aliphatic heterocycles. The molecule has 0 aliphatic rings. The summed E-state index contributed by atoms with van der Waals surface area (Å²) in [6.07, 6.45) is 0. The molecule has 0 radical (unpaired) electrons. The normalized spacial score (nSPS) is 11.3. The number of benzene rings is 2. The third kappa shape index (κ3) is 4.87. The fourth-order valence-corrected chi connectivity index (χ4v) is 4.92. The van der Waals surface area contributed by atoms with Gasteiger partial charge in [-0.3, -0.25) is 4.72 Å². The van der Waals surface area contributed by atoms with Gasteiger partial charge in [-0.2, -0.15) is 16.3 Å². The van der Waals surface area contributed by atoms with Gasteiger partial charge in [0.25, 0.3) is 15.9 Å². The summed E-state index contributed by atoms with van der Waals surface area (Å²) in [6.45, 7) is 3.30. The van der Waals surface area contributed by atoms with E-state index in [9.17, 15) is 13.2 Å². The van der Waals surface area contributed by atoms with E-state index in [1.165, 1.54) is 23.5 Å². The first-order valence-corrected chi connectivity index (χ1v) is 12.0. The van der Waals surface area contributed by atoms with E-state index >= 15 is 0 Å². The number of aromatic nitrogens is 2. The van der Waals surface area contributed by atoms with Gasteiger partial charge >= 0.3 is 5.97 Å². The van der Waals surface area contributed by atoms with E-state index in [0.29, 0.717) is 17.1 Å². The van der Waals surface area contributed by atoms with Crippen LogP contribution in [0.2, 0.25) is 0 Å². The van der Waals surface area contributed by atoms with Crippen LogP contribution in [0, 0.1) is 13.8 Å². The number of nitrogens with one attached hydrogen (secondary N) is 1. The Kier molecular flexibility index (Phi) is 6.06. The number of sulfonamides is 1. The zero-order valence-corrected chi connectivity index (χ0v) is 18.9. The second-order valence-electron chi connectivity index (χ2n) is 7.06. The number of rotatable bonds is 7. The second kappa shape index (κ2) is 8.93. The van der Waals surface area contributed by atoms with E-state index in [2.05, 4.69) is 14.9 Å². The van der Waals surface area contributed by atoms with E-state index in [4.69, 9.17) is 9.26 Å². The van der Waals surface area contributed by atoms with E-state index in [0.717, 1.165) is 11.1 Å². The number of nitrogens with zero attached hydrogens (tertiary/aromatic N) is 2. The van der Waals surface area contributed by atoms with E-state index in [1.807, 2.05) is 29.8 Å². The van der Waals surface area contributed by atoms with Crippen molar-refractivity contribution in [2.24, 2.45) is 0 Å². The zero-order chi connectivity index (χ0) is 22.7. The topological polar surface area (TPSA) is 111 Å². The lowest BCUT2D eigenvalue weighted by Crippen LogP contribution is -2.15. The van der Waals surface area contributed by atoms with Crippen molar-refractivity contribution in [2.75, 3.05) is 4.72 Å². The average molecular weight is 470 g/mol. The summed E-state index contributed by atoms with van der Waals surface area (Å²) < 4.78 is 38.7. The summed E-state index contributed by atoms with van der Waals surface area (Å²) in [7, 11) is -3.90. The smallest absolute Gasteiger partial charge is 0.338 e. The summed E-state index contributed by atoms with van der Waals surface area (Å²) in [4.78, 5) is 16.7. The highest BCUT2D eigenvalue weighted by atomic mass is 32.2. The number of aryl methyl sites for hydroxylation is 2. The lowest BCUT2D eigenvalue weighted by molar-refractivity contribution is 0.0429. The number of carbonyl (C=O) groups excluding carboxylic acids is 1. The monoisotopic (exact) mass is 469 g/mol. The number of anilines is 1. The Hall–Kier alpha value is -3.50. The Morgan fingerprint density at radius 3 is 2.75 bits per heavy atom. The second-order valence-corrected chi connectivity index (χ2v) is 9.49. The molecule has 164 valence electrons. The minimum Gasteiger partial charge on any atom is -0.452 e. The molecular formula is C22H19N3O5S2. The highest BCUT2D eigenvalue weighted by Gasteiger charge is 2.20. The maximum atomic E-state index is 12.9. The van der Waals surface area contributed by atoms with E-state index in [-0.39, 0.29) is 23.0 Å². The number of esters is 1. The molecule has 0 spiro atoms. The summed E-state index contributed by atoms with van der Waals surface area (Å²) in [5.41, 5.74) is 2.76. The van der Waals surface area contributed by atoms with Crippen LogP contribution in [-0.4, -0.2) is 24.5 Å². The summed E-state index contributed by atoms with van der Waals surface area (Å²) in [5.74, 6) is -0.156. The van der Waals surface area contributed by atoms with Crippen molar-refractivity contribution in [1.29, 1.82) is 0 Å². The lowest BCUT2D eigenvalue weighted by Gasteiger charge is -2.12. The number of hydrogen-bond acceptors (Lipinski definition) is 8. The van der Waals surface area contributed by atoms with Crippen molar-refractivity contribution < 1.29 is 22.5 Å². The molecule has 2 heterocycles. The Labute approximate surface area is 188 Å². The van der Waals surface area contributed by atoms with Crippen molar-refractivity contribution in [3.63, 3.8) is 0 Å². The highest BCUT2D eigenvalue weighted by molar-refractivity contribution is 7.92. The van der Waals surface area contributed by atoms with Crippen LogP contribution in [0.5, 0.6) is 0 Å². The van der Waals surface area contributed by atoms with E-state index < -0.39 is 16.0 Å². The van der Waals surface area contributed by atoms with Crippen LogP contribution in [0.15, 0.2) is 68.7 Å². The van der Waals surface area contributed by atoms with Crippen LogP contribution in [0.4, 0.5) is 5.69 Å². The van der Waals surface area contributed by atoms with Gasteiger partial charge in [-0.1, -0.05) is 23.4 Å². The summed E-state index contributed by atoms with van der Waals surface area (Å²) in [6, 6.07) is 13.2. The Balaban J connectivity index is 1.48. The number of thiophene rings is 1. The molecule has 0 aliphatic carbocycles. The fourth-order valence-electron chi connectivity index (χ4n) is 2.97. The predicted octanol–water partition coefficient (Wildman–Crippen LogP) is 4.57. The standard InChI is InChI=1S/C22H19N3O5S2/c1-14-4-3-5-18(10-14)25-32(27,28)19-11-16(7-6-15(19)2)22(26)29-12-20-23-21(24-30-20)17-8-9-31-13-17/h3-11,13,25H,12H2,1-2H3. The molecule has 32 heavy (non-hydrogen) atoms. The molecule has 0 bridgehead atoms. The van der Waals surface area contributed by atoms with Crippen LogP contribution in [0.3, 0.4) is 0 Å². The summed E-state index contributed by atoms with van der Waals surface area (Å²) in [5, 5.41) is 7.62. The predicted molar refractivity (Wildman–Crippen MR) is 120 cm³/mol. The van der Waals surface area contributed by atoms with Gasteiger partial charge in [0.15, 0.2) is 6.61 Å². The molecule has 2 aromatic carbocycles. The third-order valence-electron chi connectivity index (χ3n) is 4.56. The molecular weight excluding hydrogens is 450 g/mol. The molecule has 0 saturated carbocycles. The maximum absolute atomic E-state index is 12.9. The minimum atomic E-state index is -3.90. The summed E-state index contributed by atoms with van der Waals surface area (Å²) >= 11 is 1.50. The van der Waals surface area contributed by atoms with Gasteiger partial charge in [-0.25, -0.2) is 13.2 Å². The van der Waals surface area contributed by atoms with Crippen LogP contribution < -0.4 is 4.72 Å². The lowest BCUT2D eigenvalue weighted by atomic mass is 10.1. The van der Waals surface area contributed by atoms with Crippen LogP contribution in [0.1, 0.15) is 27.4 Å². The first-order chi connectivity index (χ1) is 15.3. The van der Waals surface area contributed by atoms with Gasteiger partial charge in [0.05, 0.1) is 10.5 Å². The Morgan fingerprint density at radius 2 is 2.00 bits per heavy atom. The molecule has 0 saturated heterocycles. The van der Waals surface area contributed by atoms with Gasteiger partial charge in [0.2, 0.25) is 5.82 Å². The molecule has 0 fully saturated rings. The third-order valence-corrected chi connectivity index (χ3v) is 6.76. The zero-order valence-electron chi connectivity index (χ0n) is 17.2. The first-order valence-electron chi connectivity index (χ1n) is 9.54. The molecule has 4 rings (SSSR count). The number of hydrogen-bond donors (Lipinski definition) is 1. The van der Waals surface area contributed by atoms with Crippen molar-refractivity contribution >= 4 is 33.0 Å². The largest absolute Gasteiger partial charge is 0.452 e. The molecule has 0 unspecified atom stereocenters. The molecule has 8 nitrogen and oxygen atoms in total. The van der Waals surface area contributed by atoms with Gasteiger partial charge in [-0.05, 0) is 60.7 Å². The van der Waals surface area contributed by atoms with Gasteiger partial charge in [0, 0.05) is 16.6 Å². The maximum Gasteiger partial charge on any atom is 0.338 e. The van der Waals surface area contributed by atoms with Crippen molar-refractivity contribution in [2.45, 2.75) is 25.3 Å². The van der Waals surface area contributed by atoms with Crippen molar-refractivity contribution in [3.8, 4) is 11.4 Å². The number of ether oxygens (including phenoxy) is 1. The van der Waals surface area contributed by atoms with Crippen LogP contribution >= 0.6 is 11.3 Å². The van der Waals surface area contributed by atoms with Gasteiger partial charge < -0.3 is 9.26 Å². The van der Waals surface area contributed by atoms with Crippen LogP contribution in [0.25, 0.3) is 11.4 Å². The highest BCUT2D eigenvalue weighted by Crippen LogP contribution is 2.23. The molecule has 0 amide bonds. The molecule has 4 aromatic rings. The molecule has 1 N–H and O–H groups in total. The van der Waals surface area contributed by atoms with Crippen molar-refractivity contribution in [3.05, 3.63) is 81.9 Å². The molecule has 2 aromatic heterocycles. The van der Waals surface area contributed by atoms with E-state index in [1.54, 1.807) is 31.2 Å². The molecule has 0 atom stereocenters. The fraction of sp³-hybridized carbons (Fsp3) is 0.136. The Bertz CT molecular complexity index is 1360. The minimum absolute atomic E-state index is 0.00834.